The summed E-state index contributed by atoms with van der Waals surface area (Å²) in [7, 11) is 1.28. The van der Waals surface area contributed by atoms with Crippen molar-refractivity contribution in [3.05, 3.63) is 77.4 Å². The summed E-state index contributed by atoms with van der Waals surface area (Å²) >= 11 is 4.67. The van der Waals surface area contributed by atoms with Gasteiger partial charge in [-0.05, 0) is 78.2 Å². The van der Waals surface area contributed by atoms with Gasteiger partial charge in [0.25, 0.3) is 5.56 Å². The Hall–Kier alpha value is -4.08. The predicted molar refractivity (Wildman–Crippen MR) is 156 cm³/mol. The third-order valence-electron chi connectivity index (χ3n) is 5.92. The fourth-order valence-corrected chi connectivity index (χ4v) is 5.86. The molecule has 41 heavy (non-hydrogen) atoms. The Bertz CT molecular complexity index is 1700. The minimum Gasteiger partial charge on any atom is -0.490 e. The summed E-state index contributed by atoms with van der Waals surface area (Å²) in [5.41, 5.74) is 1.17. The van der Waals surface area contributed by atoms with Gasteiger partial charge in [-0.3, -0.25) is 9.36 Å². The first-order chi connectivity index (χ1) is 19.9. The van der Waals surface area contributed by atoms with Gasteiger partial charge in [0, 0.05) is 6.20 Å². The second kappa shape index (κ2) is 13.5. The van der Waals surface area contributed by atoms with E-state index in [0.29, 0.717) is 67.8 Å². The maximum absolute atomic E-state index is 13.9. The van der Waals surface area contributed by atoms with Gasteiger partial charge in [0.2, 0.25) is 0 Å². The van der Waals surface area contributed by atoms with E-state index in [0.717, 1.165) is 0 Å². The van der Waals surface area contributed by atoms with E-state index in [9.17, 15) is 9.59 Å². The Labute approximate surface area is 248 Å². The molecule has 1 aromatic heterocycles. The second-order valence-corrected chi connectivity index (χ2v) is 10.3. The van der Waals surface area contributed by atoms with Crippen molar-refractivity contribution in [2.24, 2.45) is 4.99 Å². The normalized spacial score (nSPS) is 14.3. The van der Waals surface area contributed by atoms with Crippen LogP contribution in [0.3, 0.4) is 0 Å². The van der Waals surface area contributed by atoms with Crippen LogP contribution < -0.4 is 33.8 Å². The van der Waals surface area contributed by atoms with Gasteiger partial charge in [0.05, 0.1) is 47.6 Å². The molecule has 3 aromatic rings. The molecule has 0 radical (unpaired) electrons. The number of carbonyl (C=O) groups excluding carboxylic acids is 1. The van der Waals surface area contributed by atoms with Gasteiger partial charge >= 0.3 is 5.97 Å². The summed E-state index contributed by atoms with van der Waals surface area (Å²) in [6, 6.07) is 9.97. The van der Waals surface area contributed by atoms with E-state index in [-0.39, 0.29) is 17.7 Å². The molecule has 0 unspecified atom stereocenters. The van der Waals surface area contributed by atoms with Crippen LogP contribution in [0.25, 0.3) is 6.08 Å². The smallest absolute Gasteiger partial charge is 0.337 e. The predicted octanol–water partition coefficient (Wildman–Crippen LogP) is 3.88. The van der Waals surface area contributed by atoms with E-state index < -0.39 is 12.0 Å². The molecule has 0 spiro atoms. The molecule has 2 heterocycles. The molecule has 0 saturated carbocycles. The number of rotatable bonds is 11. The fraction of sp³-hybridized carbons (Fsp3) is 0.310. The molecule has 0 saturated heterocycles. The third kappa shape index (κ3) is 6.31. The summed E-state index contributed by atoms with van der Waals surface area (Å²) in [6.45, 7) is 6.67. The highest BCUT2D eigenvalue weighted by Crippen LogP contribution is 2.37. The van der Waals surface area contributed by atoms with Crippen LogP contribution in [0, 0.1) is 11.3 Å². The zero-order chi connectivity index (χ0) is 29.5. The van der Waals surface area contributed by atoms with Crippen molar-refractivity contribution in [2.45, 2.75) is 26.8 Å². The maximum atomic E-state index is 13.9. The van der Waals surface area contributed by atoms with Crippen molar-refractivity contribution in [3.8, 4) is 29.1 Å². The van der Waals surface area contributed by atoms with Crippen LogP contribution >= 0.6 is 27.3 Å². The van der Waals surface area contributed by atoms with Crippen LogP contribution in [0.15, 0.2) is 56.4 Å². The van der Waals surface area contributed by atoms with Gasteiger partial charge in [-0.25, -0.2) is 9.79 Å². The molecule has 214 valence electrons. The number of fused-ring (bicyclic) bond motifs is 1. The van der Waals surface area contributed by atoms with Crippen molar-refractivity contribution in [1.82, 2.24) is 4.57 Å². The fourth-order valence-electron chi connectivity index (χ4n) is 4.32. The van der Waals surface area contributed by atoms with E-state index in [1.54, 1.807) is 36.4 Å². The van der Waals surface area contributed by atoms with Gasteiger partial charge < -0.3 is 23.7 Å². The Morgan fingerprint density at radius 2 is 1.78 bits per heavy atom. The minimum atomic E-state index is -0.803. The number of benzene rings is 2. The number of methoxy groups -OCH3 is 1. The molecule has 0 bridgehead atoms. The minimum absolute atomic E-state index is 0.143. The zero-order valence-corrected chi connectivity index (χ0v) is 25.3. The van der Waals surface area contributed by atoms with E-state index >= 15 is 0 Å². The molecule has 1 aliphatic heterocycles. The van der Waals surface area contributed by atoms with Gasteiger partial charge in [-0.2, -0.15) is 5.26 Å². The lowest BCUT2D eigenvalue weighted by molar-refractivity contribution is -0.136. The number of aromatic nitrogens is 1. The van der Waals surface area contributed by atoms with Crippen molar-refractivity contribution in [3.63, 3.8) is 0 Å². The highest BCUT2D eigenvalue weighted by Gasteiger charge is 2.31. The molecule has 4 rings (SSSR count). The number of nitrogens with zero attached hydrogens (tertiary/aromatic N) is 3. The Balaban J connectivity index is 1.88. The number of thiazole rings is 1. The van der Waals surface area contributed by atoms with Gasteiger partial charge in [-0.1, -0.05) is 17.4 Å². The number of ether oxygens (including phenoxy) is 5. The summed E-state index contributed by atoms with van der Waals surface area (Å²) in [5.74, 6) is 1.29. The van der Waals surface area contributed by atoms with Gasteiger partial charge in [0.15, 0.2) is 34.4 Å². The van der Waals surface area contributed by atoms with Gasteiger partial charge in [0.1, 0.15) is 6.07 Å². The average molecular weight is 643 g/mol. The van der Waals surface area contributed by atoms with Crippen LogP contribution in [0.5, 0.6) is 23.0 Å². The number of hydrogen-bond donors (Lipinski definition) is 0. The van der Waals surface area contributed by atoms with E-state index in [4.69, 9.17) is 28.9 Å². The molecular weight excluding hydrogens is 614 g/mol. The Morgan fingerprint density at radius 1 is 1.07 bits per heavy atom. The van der Waals surface area contributed by atoms with Gasteiger partial charge in [-0.15, -0.1) is 0 Å². The molecule has 1 atom stereocenters. The Morgan fingerprint density at radius 3 is 2.46 bits per heavy atom. The Kier molecular flexibility index (Phi) is 9.86. The number of esters is 1. The number of nitriles is 1. The molecule has 10 nitrogen and oxygen atoms in total. The number of hydrogen-bond acceptors (Lipinski definition) is 10. The number of halogens is 1. The standard InChI is InChI=1S/C29H28BrN3O7S/c1-5-37-21-9-8-18(15-22(21)38-6-2)25-19(28(35)36-4)16-32-29-33(25)27(34)24(41-29)14-17-12-20(30)26(40-11-10-31)23(13-17)39-7-3/h8-9,12-16,25H,5-7,11H2,1-4H3/b24-14-/t25-/m1/s1. The van der Waals surface area contributed by atoms with Crippen molar-refractivity contribution in [2.75, 3.05) is 33.5 Å². The molecule has 12 heteroatoms. The lowest BCUT2D eigenvalue weighted by Crippen LogP contribution is -2.39. The molecule has 0 amide bonds. The van der Waals surface area contributed by atoms with Crippen LogP contribution in [-0.4, -0.2) is 44.1 Å². The van der Waals surface area contributed by atoms with E-state index in [2.05, 4.69) is 20.9 Å². The topological polar surface area (TPSA) is 121 Å². The number of carbonyl (C=O) groups is 1. The van der Waals surface area contributed by atoms with E-state index in [1.165, 1.54) is 29.2 Å². The molecule has 0 N–H and O–H groups in total. The van der Waals surface area contributed by atoms with Crippen LogP contribution in [0.2, 0.25) is 0 Å². The third-order valence-corrected chi connectivity index (χ3v) is 7.50. The molecule has 2 aromatic carbocycles. The first kappa shape index (κ1) is 29.9. The van der Waals surface area contributed by atoms with E-state index in [1.807, 2.05) is 26.8 Å². The van der Waals surface area contributed by atoms with Crippen LogP contribution in [0.4, 0.5) is 0 Å². The van der Waals surface area contributed by atoms with Crippen LogP contribution in [-0.2, 0) is 9.53 Å². The summed E-state index contributed by atoms with van der Waals surface area (Å²) in [5, 5.41) is 8.92. The molecular formula is C29H28BrN3O7S. The quantitative estimate of drug-likeness (QED) is 0.289. The summed E-state index contributed by atoms with van der Waals surface area (Å²) < 4.78 is 30.2. The zero-order valence-electron chi connectivity index (χ0n) is 22.9. The maximum Gasteiger partial charge on any atom is 0.337 e. The molecule has 0 aliphatic carbocycles. The summed E-state index contributed by atoms with van der Waals surface area (Å²) in [4.78, 5) is 31.5. The average Bonchev–Trinajstić information content (AvgIpc) is 3.27. The van der Waals surface area contributed by atoms with Crippen molar-refractivity contribution >= 4 is 39.3 Å². The van der Waals surface area contributed by atoms with Crippen molar-refractivity contribution in [1.29, 1.82) is 5.26 Å². The second-order valence-electron chi connectivity index (χ2n) is 8.46. The lowest BCUT2D eigenvalue weighted by Gasteiger charge is -2.23. The molecule has 1 aliphatic rings. The largest absolute Gasteiger partial charge is 0.490 e. The molecule has 0 fully saturated rings. The highest BCUT2D eigenvalue weighted by molar-refractivity contribution is 9.10. The first-order valence-corrected chi connectivity index (χ1v) is 14.4. The first-order valence-electron chi connectivity index (χ1n) is 12.8. The monoisotopic (exact) mass is 641 g/mol. The summed E-state index contributed by atoms with van der Waals surface area (Å²) in [6.07, 6.45) is 3.15. The SMILES string of the molecule is CCOc1ccc([C@@H]2C(C(=O)OC)=CN=c3s/c(=C\c4cc(Br)c(OCC#N)c(OCC)c4)c(=O)n32)cc1OCC. The van der Waals surface area contributed by atoms with Crippen molar-refractivity contribution < 1.29 is 28.5 Å². The lowest BCUT2D eigenvalue weighted by atomic mass is 9.97. The van der Waals surface area contributed by atoms with Crippen LogP contribution in [0.1, 0.15) is 37.9 Å². The highest BCUT2D eigenvalue weighted by atomic mass is 79.9.